The largest absolute Gasteiger partial charge is 0.462 e. The molecule has 0 bridgehead atoms. The van der Waals surface area contributed by atoms with E-state index in [2.05, 4.69) is 0 Å². The third-order valence-electron chi connectivity index (χ3n) is 2.71. The highest BCUT2D eigenvalue weighted by Gasteiger charge is 2.21. The molecule has 122 valence electrons. The maximum absolute atomic E-state index is 12.2. The van der Waals surface area contributed by atoms with E-state index in [4.69, 9.17) is 9.47 Å². The Kier molecular flexibility index (Phi) is 8.98. The number of carbonyl (C=O) groups excluding carboxylic acids is 2. The van der Waals surface area contributed by atoms with Crippen molar-refractivity contribution >= 4 is 11.9 Å². The van der Waals surface area contributed by atoms with Crippen LogP contribution in [0, 0.1) is 17.8 Å². The monoisotopic (exact) mass is 298 g/mol. The van der Waals surface area contributed by atoms with Crippen LogP contribution in [-0.4, -0.2) is 25.2 Å². The van der Waals surface area contributed by atoms with Gasteiger partial charge >= 0.3 is 11.9 Å². The van der Waals surface area contributed by atoms with Crippen LogP contribution in [-0.2, 0) is 19.1 Å². The second-order valence-corrected chi connectivity index (χ2v) is 6.69. The SMILES string of the molecule is C/C(C(=O)OCC(C)C)=C(\CC(C)C)C(=O)OCC(C)C. The van der Waals surface area contributed by atoms with Crippen LogP contribution >= 0.6 is 0 Å². The molecule has 0 saturated carbocycles. The third kappa shape index (κ3) is 8.53. The zero-order valence-corrected chi connectivity index (χ0v) is 14.5. The lowest BCUT2D eigenvalue weighted by Crippen LogP contribution is -2.19. The Hall–Kier alpha value is -1.32. The number of hydrogen-bond donors (Lipinski definition) is 0. The topological polar surface area (TPSA) is 52.6 Å². The molecule has 0 spiro atoms. The van der Waals surface area contributed by atoms with Gasteiger partial charge in [-0.2, -0.15) is 0 Å². The molecule has 0 heterocycles. The van der Waals surface area contributed by atoms with Gasteiger partial charge in [-0.15, -0.1) is 0 Å². The van der Waals surface area contributed by atoms with Crippen LogP contribution in [0.15, 0.2) is 11.1 Å². The van der Waals surface area contributed by atoms with Crippen LogP contribution < -0.4 is 0 Å². The summed E-state index contributed by atoms with van der Waals surface area (Å²) in [5.74, 6) is -0.0395. The maximum Gasteiger partial charge on any atom is 0.334 e. The standard InChI is InChI=1S/C17H30O4/c1-11(2)8-15(17(19)21-10-13(5)6)14(7)16(18)20-9-12(3)4/h11-13H,8-10H2,1-7H3/b15-14-. The van der Waals surface area contributed by atoms with Gasteiger partial charge in [-0.25, -0.2) is 9.59 Å². The minimum atomic E-state index is -0.430. The molecule has 0 aliphatic rings. The first-order valence-electron chi connectivity index (χ1n) is 7.69. The number of ether oxygens (including phenoxy) is 2. The van der Waals surface area contributed by atoms with Crippen LogP contribution in [0.1, 0.15) is 54.9 Å². The molecule has 0 aromatic heterocycles. The van der Waals surface area contributed by atoms with Crippen molar-refractivity contribution in [2.24, 2.45) is 17.8 Å². The molecule has 21 heavy (non-hydrogen) atoms. The van der Waals surface area contributed by atoms with Gasteiger partial charge in [-0.3, -0.25) is 0 Å². The van der Waals surface area contributed by atoms with Gasteiger partial charge in [0.05, 0.1) is 13.2 Å². The Morgan fingerprint density at radius 3 is 1.57 bits per heavy atom. The molecule has 0 saturated heterocycles. The van der Waals surface area contributed by atoms with Gasteiger partial charge in [0.15, 0.2) is 0 Å². The van der Waals surface area contributed by atoms with Crippen molar-refractivity contribution in [2.75, 3.05) is 13.2 Å². The van der Waals surface area contributed by atoms with Crippen LogP contribution in [0.5, 0.6) is 0 Å². The van der Waals surface area contributed by atoms with Gasteiger partial charge in [-0.1, -0.05) is 41.5 Å². The second-order valence-electron chi connectivity index (χ2n) is 6.69. The van der Waals surface area contributed by atoms with Crippen molar-refractivity contribution in [2.45, 2.75) is 54.9 Å². The number of carbonyl (C=O) groups is 2. The van der Waals surface area contributed by atoms with Gasteiger partial charge in [0.25, 0.3) is 0 Å². The summed E-state index contributed by atoms with van der Waals surface area (Å²) in [5, 5.41) is 0. The first-order chi connectivity index (χ1) is 9.65. The Labute approximate surface area is 128 Å². The second kappa shape index (κ2) is 9.59. The summed E-state index contributed by atoms with van der Waals surface area (Å²) in [6.07, 6.45) is 0.513. The molecule has 4 heteroatoms. The Balaban J connectivity index is 5.03. The summed E-state index contributed by atoms with van der Waals surface area (Å²) < 4.78 is 10.5. The van der Waals surface area contributed by atoms with Crippen LogP contribution in [0.4, 0.5) is 0 Å². The van der Waals surface area contributed by atoms with Crippen molar-refractivity contribution in [3.63, 3.8) is 0 Å². The first kappa shape index (κ1) is 19.7. The Morgan fingerprint density at radius 2 is 1.19 bits per heavy atom. The molecule has 4 nitrogen and oxygen atoms in total. The van der Waals surface area contributed by atoms with E-state index in [1.54, 1.807) is 6.92 Å². The molecule has 0 N–H and O–H groups in total. The van der Waals surface area contributed by atoms with Gasteiger partial charge in [0, 0.05) is 11.1 Å². The third-order valence-corrected chi connectivity index (χ3v) is 2.71. The fourth-order valence-electron chi connectivity index (χ4n) is 1.60. The summed E-state index contributed by atoms with van der Waals surface area (Å²) >= 11 is 0. The molecule has 0 fully saturated rings. The highest BCUT2D eigenvalue weighted by Crippen LogP contribution is 2.18. The summed E-state index contributed by atoms with van der Waals surface area (Å²) in [7, 11) is 0. The van der Waals surface area contributed by atoms with Gasteiger partial charge in [0.1, 0.15) is 0 Å². The van der Waals surface area contributed by atoms with E-state index in [0.29, 0.717) is 30.8 Å². The minimum absolute atomic E-state index is 0.263. The molecule has 0 aliphatic heterocycles. The fourth-order valence-corrected chi connectivity index (χ4v) is 1.60. The maximum atomic E-state index is 12.2. The van der Waals surface area contributed by atoms with Crippen LogP contribution in [0.25, 0.3) is 0 Å². The minimum Gasteiger partial charge on any atom is -0.462 e. The smallest absolute Gasteiger partial charge is 0.334 e. The lowest BCUT2D eigenvalue weighted by Gasteiger charge is -2.15. The van der Waals surface area contributed by atoms with E-state index in [9.17, 15) is 9.59 Å². The van der Waals surface area contributed by atoms with Gasteiger partial charge < -0.3 is 9.47 Å². The average molecular weight is 298 g/mol. The van der Waals surface area contributed by atoms with E-state index in [1.165, 1.54) is 0 Å². The van der Waals surface area contributed by atoms with E-state index >= 15 is 0 Å². The molecule has 0 atom stereocenters. The summed E-state index contributed by atoms with van der Waals surface area (Å²) in [6, 6.07) is 0. The summed E-state index contributed by atoms with van der Waals surface area (Å²) in [5.41, 5.74) is 0.789. The van der Waals surface area contributed by atoms with Crippen molar-refractivity contribution in [1.29, 1.82) is 0 Å². The molecule has 0 aromatic carbocycles. The fraction of sp³-hybridized carbons (Fsp3) is 0.765. The van der Waals surface area contributed by atoms with E-state index < -0.39 is 11.9 Å². The highest BCUT2D eigenvalue weighted by molar-refractivity contribution is 6.00. The number of rotatable bonds is 8. The number of esters is 2. The number of hydrogen-bond acceptors (Lipinski definition) is 4. The molecule has 0 unspecified atom stereocenters. The van der Waals surface area contributed by atoms with Crippen molar-refractivity contribution < 1.29 is 19.1 Å². The zero-order valence-electron chi connectivity index (χ0n) is 14.5. The van der Waals surface area contributed by atoms with E-state index in [-0.39, 0.29) is 17.8 Å². The summed E-state index contributed by atoms with van der Waals surface area (Å²) in [4.78, 5) is 24.2. The van der Waals surface area contributed by atoms with E-state index in [0.717, 1.165) is 0 Å². The lowest BCUT2D eigenvalue weighted by atomic mass is 9.98. The van der Waals surface area contributed by atoms with Crippen LogP contribution in [0.3, 0.4) is 0 Å². The highest BCUT2D eigenvalue weighted by atomic mass is 16.5. The lowest BCUT2D eigenvalue weighted by molar-refractivity contribution is -0.143. The van der Waals surface area contributed by atoms with Crippen molar-refractivity contribution in [1.82, 2.24) is 0 Å². The van der Waals surface area contributed by atoms with Gasteiger partial charge in [-0.05, 0) is 31.1 Å². The summed E-state index contributed by atoms with van der Waals surface area (Å²) in [6.45, 7) is 14.2. The van der Waals surface area contributed by atoms with Gasteiger partial charge in [0.2, 0.25) is 0 Å². The van der Waals surface area contributed by atoms with Crippen LogP contribution in [0.2, 0.25) is 0 Å². The molecule has 0 amide bonds. The molecular formula is C17H30O4. The molecule has 0 aromatic rings. The quantitative estimate of drug-likeness (QED) is 0.506. The predicted molar refractivity (Wildman–Crippen MR) is 83.7 cm³/mol. The normalized spacial score (nSPS) is 12.7. The van der Waals surface area contributed by atoms with Crippen molar-refractivity contribution in [3.8, 4) is 0 Å². The zero-order chi connectivity index (χ0) is 16.6. The Morgan fingerprint density at radius 1 is 0.762 bits per heavy atom. The van der Waals surface area contributed by atoms with E-state index in [1.807, 2.05) is 41.5 Å². The Bertz CT molecular complexity index is 378. The average Bonchev–Trinajstić information content (AvgIpc) is 2.38. The van der Waals surface area contributed by atoms with Crippen molar-refractivity contribution in [3.05, 3.63) is 11.1 Å². The molecule has 0 aliphatic carbocycles. The molecule has 0 radical (unpaired) electrons. The first-order valence-corrected chi connectivity index (χ1v) is 7.69. The predicted octanol–water partition coefficient (Wildman–Crippen LogP) is 3.75. The molecular weight excluding hydrogens is 268 g/mol. The molecule has 0 rings (SSSR count).